The summed E-state index contributed by atoms with van der Waals surface area (Å²) < 4.78 is 0. The molecule has 0 spiro atoms. The molecular formula is C31H41Cl2N5O. The Morgan fingerprint density at radius 3 is 2.44 bits per heavy atom. The summed E-state index contributed by atoms with van der Waals surface area (Å²) in [5.41, 5.74) is 3.10. The van der Waals surface area contributed by atoms with E-state index in [1.807, 2.05) is 30.3 Å². The van der Waals surface area contributed by atoms with Crippen molar-refractivity contribution >= 4 is 46.4 Å². The van der Waals surface area contributed by atoms with E-state index >= 15 is 0 Å². The summed E-state index contributed by atoms with van der Waals surface area (Å²) in [6.07, 6.45) is 3.43. The third kappa shape index (κ3) is 6.39. The number of rotatable bonds is 6. The van der Waals surface area contributed by atoms with Gasteiger partial charge < -0.3 is 20.9 Å². The van der Waals surface area contributed by atoms with E-state index in [2.05, 4.69) is 48.5 Å². The van der Waals surface area contributed by atoms with Crippen molar-refractivity contribution in [1.29, 1.82) is 0 Å². The number of carbonyl (C=O) groups is 1. The molecular weight excluding hydrogens is 529 g/mol. The van der Waals surface area contributed by atoms with Crippen molar-refractivity contribution in [2.45, 2.75) is 65.5 Å². The van der Waals surface area contributed by atoms with Gasteiger partial charge in [-0.25, -0.2) is 4.99 Å². The fraction of sp³-hybridized carbons (Fsp3) is 0.548. The number of guanidine groups is 1. The minimum atomic E-state index is -0.0495. The summed E-state index contributed by atoms with van der Waals surface area (Å²) in [5.74, 6) is 3.03. The van der Waals surface area contributed by atoms with Crippen LogP contribution in [0.15, 0.2) is 47.5 Å². The number of aryl methyl sites for hydroxylation is 1. The second-order valence-corrected chi connectivity index (χ2v) is 13.1. The van der Waals surface area contributed by atoms with Crippen molar-refractivity contribution in [3.05, 3.63) is 58.1 Å². The molecule has 210 valence electrons. The SMILES string of the molecule is C[C@@H]1[C@@H](N=C(Nc2ccc(NC(=O)CCc3ccc(Cl)cc3Cl)cc2)N2CCN[C@@H](C)C2)C[C@@H]2C[C@H]1C2(C)C. The molecule has 2 aromatic carbocycles. The molecule has 6 nitrogen and oxygen atoms in total. The van der Waals surface area contributed by atoms with Gasteiger partial charge in [-0.05, 0) is 91.3 Å². The van der Waals surface area contributed by atoms with Crippen LogP contribution in [0, 0.1) is 23.2 Å². The number of fused-ring (bicyclic) bond motifs is 2. The second-order valence-electron chi connectivity index (χ2n) is 12.3. The van der Waals surface area contributed by atoms with E-state index in [-0.39, 0.29) is 5.91 Å². The van der Waals surface area contributed by atoms with Gasteiger partial charge in [-0.2, -0.15) is 0 Å². The van der Waals surface area contributed by atoms with Crippen LogP contribution >= 0.6 is 23.2 Å². The molecule has 1 heterocycles. The summed E-state index contributed by atoms with van der Waals surface area (Å²) in [4.78, 5) is 20.3. The second kappa shape index (κ2) is 11.7. The molecule has 8 heteroatoms. The van der Waals surface area contributed by atoms with Crippen molar-refractivity contribution in [2.24, 2.45) is 28.2 Å². The maximum absolute atomic E-state index is 12.6. The zero-order valence-electron chi connectivity index (χ0n) is 23.4. The van der Waals surface area contributed by atoms with E-state index in [1.165, 1.54) is 12.8 Å². The molecule has 3 aliphatic carbocycles. The van der Waals surface area contributed by atoms with E-state index in [0.29, 0.717) is 46.3 Å². The maximum Gasteiger partial charge on any atom is 0.224 e. The lowest BCUT2D eigenvalue weighted by molar-refractivity contribution is -0.116. The zero-order valence-corrected chi connectivity index (χ0v) is 24.9. The smallest absolute Gasteiger partial charge is 0.224 e. The third-order valence-electron chi connectivity index (χ3n) is 9.33. The summed E-state index contributed by atoms with van der Waals surface area (Å²) in [6, 6.07) is 14.0. The zero-order chi connectivity index (χ0) is 27.7. The third-order valence-corrected chi connectivity index (χ3v) is 9.92. The number of aliphatic imine (C=N–C) groups is 1. The highest BCUT2D eigenvalue weighted by molar-refractivity contribution is 6.35. The number of carbonyl (C=O) groups excluding carboxylic acids is 1. The molecule has 39 heavy (non-hydrogen) atoms. The number of halogens is 2. The van der Waals surface area contributed by atoms with Crippen molar-refractivity contribution < 1.29 is 4.79 Å². The van der Waals surface area contributed by atoms with Crippen LogP contribution in [-0.4, -0.2) is 48.5 Å². The van der Waals surface area contributed by atoms with Crippen molar-refractivity contribution in [2.75, 3.05) is 30.3 Å². The normalized spacial score (nSPS) is 28.0. The standard InChI is InChI=1S/C31H41Cl2N5O/c1-19-18-38(14-13-34-19)30(37-28-16-22-15-26(20(28)2)31(22,3)4)36-25-10-8-24(9-11-25)35-29(39)12-6-21-5-7-23(32)17-27(21)33/h5,7-11,17,19-20,22,26,28,34H,6,12-16,18H2,1-4H3,(H,35,39)(H,36,37)/t19-,20-,22-,26+,28-/m0/s1. The molecule has 3 saturated carbocycles. The van der Waals surface area contributed by atoms with Crippen LogP contribution in [0.4, 0.5) is 11.4 Å². The fourth-order valence-electron chi connectivity index (χ4n) is 6.73. The first kappa shape index (κ1) is 28.3. The molecule has 3 N–H and O–H groups in total. The molecule has 4 aliphatic rings. The quantitative estimate of drug-likeness (QED) is 0.267. The van der Waals surface area contributed by atoms with Crippen LogP contribution in [0.25, 0.3) is 0 Å². The summed E-state index contributed by atoms with van der Waals surface area (Å²) >= 11 is 12.2. The van der Waals surface area contributed by atoms with Gasteiger partial charge in [0.25, 0.3) is 0 Å². The monoisotopic (exact) mass is 569 g/mol. The molecule has 6 rings (SSSR count). The van der Waals surface area contributed by atoms with E-state index in [1.54, 1.807) is 12.1 Å². The minimum Gasteiger partial charge on any atom is -0.340 e. The van der Waals surface area contributed by atoms with Gasteiger partial charge >= 0.3 is 0 Å². The van der Waals surface area contributed by atoms with Gasteiger partial charge in [0.1, 0.15) is 0 Å². The van der Waals surface area contributed by atoms with E-state index in [0.717, 1.165) is 54.4 Å². The lowest BCUT2D eigenvalue weighted by atomic mass is 9.45. The highest BCUT2D eigenvalue weighted by atomic mass is 35.5. The van der Waals surface area contributed by atoms with Crippen molar-refractivity contribution in [3.63, 3.8) is 0 Å². The van der Waals surface area contributed by atoms with Crippen LogP contribution in [0.1, 0.15) is 52.5 Å². The Morgan fingerprint density at radius 1 is 1.08 bits per heavy atom. The minimum absolute atomic E-state index is 0.0495. The van der Waals surface area contributed by atoms with Gasteiger partial charge in [-0.15, -0.1) is 0 Å². The Hall–Kier alpha value is -2.28. The van der Waals surface area contributed by atoms with E-state index in [4.69, 9.17) is 28.2 Å². The summed E-state index contributed by atoms with van der Waals surface area (Å²) in [7, 11) is 0. The van der Waals surface area contributed by atoms with Crippen LogP contribution in [0.5, 0.6) is 0 Å². The molecule has 0 aromatic heterocycles. The number of anilines is 2. The summed E-state index contributed by atoms with van der Waals surface area (Å²) in [6.45, 7) is 12.3. The number of hydrogen-bond donors (Lipinski definition) is 3. The maximum atomic E-state index is 12.6. The molecule has 0 radical (unpaired) electrons. The molecule has 1 amide bonds. The topological polar surface area (TPSA) is 68.8 Å². The highest BCUT2D eigenvalue weighted by Crippen LogP contribution is 2.61. The number of nitrogens with one attached hydrogen (secondary N) is 3. The first-order valence-corrected chi connectivity index (χ1v) is 15.0. The molecule has 2 aromatic rings. The predicted molar refractivity (Wildman–Crippen MR) is 163 cm³/mol. The van der Waals surface area contributed by atoms with Crippen molar-refractivity contribution in [3.8, 4) is 0 Å². The molecule has 4 fully saturated rings. The largest absolute Gasteiger partial charge is 0.340 e. The van der Waals surface area contributed by atoms with Gasteiger partial charge in [0.2, 0.25) is 5.91 Å². The van der Waals surface area contributed by atoms with E-state index in [9.17, 15) is 4.79 Å². The molecule has 1 aliphatic heterocycles. The number of hydrogen-bond acceptors (Lipinski definition) is 3. The number of amides is 1. The molecule has 0 unspecified atom stereocenters. The first-order valence-electron chi connectivity index (χ1n) is 14.3. The van der Waals surface area contributed by atoms with Gasteiger partial charge in [-0.1, -0.05) is 50.0 Å². The Balaban J connectivity index is 1.23. The molecule has 2 bridgehead atoms. The first-order chi connectivity index (χ1) is 18.6. The predicted octanol–water partition coefficient (Wildman–Crippen LogP) is 6.70. The Bertz CT molecular complexity index is 1210. The average Bonchev–Trinajstić information content (AvgIpc) is 2.89. The van der Waals surface area contributed by atoms with Gasteiger partial charge in [0, 0.05) is 53.5 Å². The summed E-state index contributed by atoms with van der Waals surface area (Å²) in [5, 5.41) is 11.4. The lowest BCUT2D eigenvalue weighted by Crippen LogP contribution is -2.57. The van der Waals surface area contributed by atoms with Crippen LogP contribution in [-0.2, 0) is 11.2 Å². The van der Waals surface area contributed by atoms with Crippen molar-refractivity contribution in [1.82, 2.24) is 10.2 Å². The van der Waals surface area contributed by atoms with Crippen LogP contribution in [0.2, 0.25) is 10.0 Å². The van der Waals surface area contributed by atoms with Crippen LogP contribution in [0.3, 0.4) is 0 Å². The number of nitrogens with zero attached hydrogens (tertiary/aromatic N) is 2. The molecule has 1 saturated heterocycles. The highest BCUT2D eigenvalue weighted by Gasteiger charge is 2.56. The van der Waals surface area contributed by atoms with E-state index < -0.39 is 0 Å². The van der Waals surface area contributed by atoms with Gasteiger partial charge in [0.15, 0.2) is 5.96 Å². The fourth-order valence-corrected chi connectivity index (χ4v) is 7.23. The van der Waals surface area contributed by atoms with Gasteiger partial charge in [-0.3, -0.25) is 4.79 Å². The van der Waals surface area contributed by atoms with Gasteiger partial charge in [0.05, 0.1) is 6.04 Å². The number of piperazine rings is 1. The lowest BCUT2D eigenvalue weighted by Gasteiger charge is -2.61. The average molecular weight is 571 g/mol. The van der Waals surface area contributed by atoms with Crippen LogP contribution < -0.4 is 16.0 Å². The Labute approximate surface area is 242 Å². The number of benzene rings is 2. The molecule has 5 atom stereocenters. The Morgan fingerprint density at radius 2 is 1.79 bits per heavy atom. The Kier molecular flexibility index (Phi) is 8.46.